The van der Waals surface area contributed by atoms with Gasteiger partial charge in [-0.3, -0.25) is 0 Å². The predicted octanol–water partition coefficient (Wildman–Crippen LogP) is 2.01. The van der Waals surface area contributed by atoms with Crippen LogP contribution < -0.4 is 16.2 Å². The van der Waals surface area contributed by atoms with E-state index in [4.69, 9.17) is 5.84 Å². The summed E-state index contributed by atoms with van der Waals surface area (Å²) in [5, 5.41) is 0. The summed E-state index contributed by atoms with van der Waals surface area (Å²) in [5.41, 5.74) is 3.62. The number of aromatic nitrogens is 2. The largest absolute Gasteiger partial charge is 0.359 e. The Morgan fingerprint density at radius 1 is 1.24 bits per heavy atom. The molecule has 1 heterocycles. The summed E-state index contributed by atoms with van der Waals surface area (Å²) in [7, 11) is 2.06. The van der Waals surface area contributed by atoms with Crippen molar-refractivity contribution in [2.75, 3.05) is 23.9 Å². The maximum Gasteiger partial charge on any atom is 0.148 e. The van der Waals surface area contributed by atoms with Crippen LogP contribution in [-0.2, 0) is 0 Å². The van der Waals surface area contributed by atoms with Crippen LogP contribution in [0.1, 0.15) is 37.6 Å². The van der Waals surface area contributed by atoms with Gasteiger partial charge in [0, 0.05) is 19.2 Å². The number of hydrazine groups is 1. The third kappa shape index (κ3) is 3.56. The third-order valence-corrected chi connectivity index (χ3v) is 2.83. The van der Waals surface area contributed by atoms with Crippen molar-refractivity contribution in [2.24, 2.45) is 5.84 Å². The highest BCUT2D eigenvalue weighted by molar-refractivity contribution is 5.57. The molecule has 0 amide bonds. The van der Waals surface area contributed by atoms with E-state index in [0.717, 1.165) is 23.8 Å². The first-order valence-electron chi connectivity index (χ1n) is 6.13. The number of nitrogens with zero attached hydrogens (tertiary/aromatic N) is 3. The van der Waals surface area contributed by atoms with Crippen molar-refractivity contribution >= 4 is 11.6 Å². The van der Waals surface area contributed by atoms with Crippen LogP contribution in [0.2, 0.25) is 0 Å². The lowest BCUT2D eigenvalue weighted by Crippen LogP contribution is -2.23. The summed E-state index contributed by atoms with van der Waals surface area (Å²) in [6, 6.07) is 0. The molecular weight excluding hydrogens is 214 g/mol. The van der Waals surface area contributed by atoms with Gasteiger partial charge in [0.1, 0.15) is 17.5 Å². The summed E-state index contributed by atoms with van der Waals surface area (Å²) in [6.07, 6.45) is 3.65. The van der Waals surface area contributed by atoms with Crippen molar-refractivity contribution in [3.8, 4) is 0 Å². The average Bonchev–Trinajstić information content (AvgIpc) is 2.31. The molecule has 0 aliphatic carbocycles. The minimum atomic E-state index is 0.704. The molecule has 0 bridgehead atoms. The predicted molar refractivity (Wildman–Crippen MR) is 72.1 cm³/mol. The Hall–Kier alpha value is -1.36. The summed E-state index contributed by atoms with van der Waals surface area (Å²) < 4.78 is 0. The Morgan fingerprint density at radius 2 is 1.94 bits per heavy atom. The van der Waals surface area contributed by atoms with Gasteiger partial charge in [0.25, 0.3) is 0 Å². The minimum Gasteiger partial charge on any atom is -0.359 e. The number of nitrogens with two attached hydrogens (primary N) is 1. The minimum absolute atomic E-state index is 0.704. The van der Waals surface area contributed by atoms with E-state index < -0.39 is 0 Å². The Balaban J connectivity index is 2.84. The molecular formula is C12H23N5. The Kier molecular flexibility index (Phi) is 5.15. The van der Waals surface area contributed by atoms with E-state index in [1.165, 1.54) is 19.3 Å². The van der Waals surface area contributed by atoms with E-state index in [-0.39, 0.29) is 0 Å². The fourth-order valence-electron chi connectivity index (χ4n) is 1.83. The molecule has 0 fully saturated rings. The smallest absolute Gasteiger partial charge is 0.148 e. The van der Waals surface area contributed by atoms with E-state index in [0.29, 0.717) is 5.82 Å². The van der Waals surface area contributed by atoms with E-state index in [9.17, 15) is 0 Å². The highest BCUT2D eigenvalue weighted by Gasteiger charge is 2.11. The summed E-state index contributed by atoms with van der Waals surface area (Å²) in [4.78, 5) is 10.9. The lowest BCUT2D eigenvalue weighted by atomic mass is 10.2. The Labute approximate surface area is 103 Å². The molecule has 0 aliphatic heterocycles. The molecule has 5 heteroatoms. The van der Waals surface area contributed by atoms with Crippen molar-refractivity contribution in [3.05, 3.63) is 11.4 Å². The zero-order chi connectivity index (χ0) is 12.8. The molecule has 0 aromatic carbocycles. The molecule has 0 unspecified atom stereocenters. The summed E-state index contributed by atoms with van der Waals surface area (Å²) in [5.74, 6) is 7.85. The van der Waals surface area contributed by atoms with Crippen molar-refractivity contribution < 1.29 is 0 Å². The summed E-state index contributed by atoms with van der Waals surface area (Å²) in [6.45, 7) is 7.08. The number of nitrogens with one attached hydrogen (secondary N) is 1. The highest BCUT2D eigenvalue weighted by Crippen LogP contribution is 2.22. The molecule has 0 spiro atoms. The lowest BCUT2D eigenvalue weighted by molar-refractivity contribution is 0.699. The van der Waals surface area contributed by atoms with E-state index in [2.05, 4.69) is 34.3 Å². The first kappa shape index (κ1) is 13.7. The zero-order valence-electron chi connectivity index (χ0n) is 11.2. The van der Waals surface area contributed by atoms with Gasteiger partial charge in [-0.25, -0.2) is 15.8 Å². The van der Waals surface area contributed by atoms with Gasteiger partial charge in [-0.2, -0.15) is 0 Å². The van der Waals surface area contributed by atoms with Crippen molar-refractivity contribution in [3.63, 3.8) is 0 Å². The van der Waals surface area contributed by atoms with Crippen molar-refractivity contribution in [1.82, 2.24) is 9.97 Å². The quantitative estimate of drug-likeness (QED) is 0.450. The van der Waals surface area contributed by atoms with Crippen LogP contribution in [0.25, 0.3) is 0 Å². The van der Waals surface area contributed by atoms with Crippen LogP contribution in [0, 0.1) is 13.8 Å². The molecule has 17 heavy (non-hydrogen) atoms. The molecule has 0 saturated carbocycles. The molecule has 0 atom stereocenters. The van der Waals surface area contributed by atoms with Gasteiger partial charge in [0.2, 0.25) is 0 Å². The fourth-order valence-corrected chi connectivity index (χ4v) is 1.83. The van der Waals surface area contributed by atoms with Gasteiger partial charge in [0.05, 0.1) is 0 Å². The average molecular weight is 237 g/mol. The summed E-state index contributed by atoms with van der Waals surface area (Å²) >= 11 is 0. The molecule has 1 aromatic rings. The van der Waals surface area contributed by atoms with Crippen LogP contribution in [0.4, 0.5) is 11.6 Å². The van der Waals surface area contributed by atoms with Gasteiger partial charge in [-0.1, -0.05) is 19.8 Å². The van der Waals surface area contributed by atoms with E-state index in [1.54, 1.807) is 0 Å². The standard InChI is InChI=1S/C12H23N5/c1-5-6-7-8-17(4)12-9(2)11(16-13)14-10(3)15-12/h5-8,13H2,1-4H3,(H,14,15,16). The van der Waals surface area contributed by atoms with Gasteiger partial charge in [-0.15, -0.1) is 0 Å². The molecule has 0 saturated heterocycles. The number of hydrogen-bond acceptors (Lipinski definition) is 5. The molecule has 3 N–H and O–H groups in total. The van der Waals surface area contributed by atoms with Crippen LogP contribution in [0.5, 0.6) is 0 Å². The molecule has 1 aromatic heterocycles. The maximum absolute atomic E-state index is 5.45. The van der Waals surface area contributed by atoms with Crippen molar-refractivity contribution in [1.29, 1.82) is 0 Å². The molecule has 0 aliphatic rings. The SMILES string of the molecule is CCCCCN(C)c1nc(C)nc(NN)c1C. The number of hydrogen-bond donors (Lipinski definition) is 2. The van der Waals surface area contributed by atoms with Crippen LogP contribution in [0.15, 0.2) is 0 Å². The second-order valence-corrected chi connectivity index (χ2v) is 4.34. The van der Waals surface area contributed by atoms with Gasteiger partial charge in [0.15, 0.2) is 0 Å². The molecule has 1 rings (SSSR count). The van der Waals surface area contributed by atoms with E-state index in [1.807, 2.05) is 13.8 Å². The second-order valence-electron chi connectivity index (χ2n) is 4.34. The number of rotatable bonds is 6. The number of anilines is 2. The van der Waals surface area contributed by atoms with Crippen LogP contribution in [-0.4, -0.2) is 23.6 Å². The van der Waals surface area contributed by atoms with E-state index >= 15 is 0 Å². The molecule has 5 nitrogen and oxygen atoms in total. The topological polar surface area (TPSA) is 67.1 Å². The number of aryl methyl sites for hydroxylation is 1. The number of unbranched alkanes of at least 4 members (excludes halogenated alkanes) is 2. The fraction of sp³-hybridized carbons (Fsp3) is 0.667. The van der Waals surface area contributed by atoms with Crippen LogP contribution >= 0.6 is 0 Å². The maximum atomic E-state index is 5.45. The van der Waals surface area contributed by atoms with Gasteiger partial charge in [-0.05, 0) is 20.3 Å². The van der Waals surface area contributed by atoms with Crippen molar-refractivity contribution in [2.45, 2.75) is 40.0 Å². The van der Waals surface area contributed by atoms with Gasteiger partial charge >= 0.3 is 0 Å². The molecule has 96 valence electrons. The monoisotopic (exact) mass is 237 g/mol. The first-order chi connectivity index (χ1) is 8.10. The normalized spacial score (nSPS) is 10.4. The van der Waals surface area contributed by atoms with Crippen LogP contribution in [0.3, 0.4) is 0 Å². The zero-order valence-corrected chi connectivity index (χ0v) is 11.2. The number of nitrogen functional groups attached to an aromatic ring is 1. The Morgan fingerprint density at radius 3 is 2.53 bits per heavy atom. The Bertz CT molecular complexity index is 364. The molecule has 0 radical (unpaired) electrons. The first-order valence-corrected chi connectivity index (χ1v) is 6.13. The second kappa shape index (κ2) is 6.39. The van der Waals surface area contributed by atoms with Gasteiger partial charge < -0.3 is 10.3 Å². The lowest BCUT2D eigenvalue weighted by Gasteiger charge is -2.21. The third-order valence-electron chi connectivity index (χ3n) is 2.83. The highest BCUT2D eigenvalue weighted by atomic mass is 15.3.